The van der Waals surface area contributed by atoms with Crippen LogP contribution in [0.1, 0.15) is 115 Å². The van der Waals surface area contributed by atoms with Crippen LogP contribution in [0.4, 0.5) is 0 Å². The molecule has 12 nitrogen and oxygen atoms in total. The van der Waals surface area contributed by atoms with Gasteiger partial charge in [-0.25, -0.2) is 4.79 Å². The quantitative estimate of drug-likeness (QED) is 0.238. The first kappa shape index (κ1) is 48.8. The van der Waals surface area contributed by atoms with Crippen molar-refractivity contribution in [1.29, 1.82) is 0 Å². The first-order chi connectivity index (χ1) is 26.5. The van der Waals surface area contributed by atoms with Crippen molar-refractivity contribution < 1.29 is 58.9 Å². The number of ketones is 3. The lowest BCUT2D eigenvalue weighted by molar-refractivity contribution is -0.344. The molecular formula is C45H72O12. The van der Waals surface area contributed by atoms with Crippen LogP contribution in [0.5, 0.6) is 0 Å². The zero-order valence-corrected chi connectivity index (χ0v) is 36.0. The number of carbonyl (C=O) groups excluding carboxylic acids is 4. The first-order valence-electron chi connectivity index (χ1n) is 21.1. The molecule has 5 N–H and O–H groups in total. The predicted molar refractivity (Wildman–Crippen MR) is 215 cm³/mol. The molecule has 1 unspecified atom stereocenters. The van der Waals surface area contributed by atoms with Crippen molar-refractivity contribution >= 4 is 23.3 Å². The lowest BCUT2D eigenvalue weighted by atomic mass is 9.74. The molecule has 3 aliphatic heterocycles. The largest absolute Gasteiger partial charge is 0.458 e. The van der Waals surface area contributed by atoms with Crippen LogP contribution in [0.2, 0.25) is 0 Å². The molecule has 0 aromatic heterocycles. The Bertz CT molecular complexity index is 1470. The van der Waals surface area contributed by atoms with Crippen molar-refractivity contribution in [2.24, 2.45) is 53.3 Å². The fourth-order valence-electron chi connectivity index (χ4n) is 8.91. The van der Waals surface area contributed by atoms with Gasteiger partial charge in [0.05, 0.1) is 42.5 Å². The van der Waals surface area contributed by atoms with Crippen LogP contribution in [0, 0.1) is 53.3 Å². The highest BCUT2D eigenvalue weighted by Crippen LogP contribution is 2.47. The minimum Gasteiger partial charge on any atom is -0.458 e. The van der Waals surface area contributed by atoms with E-state index in [9.17, 15) is 44.7 Å². The second-order valence-corrected chi connectivity index (χ2v) is 17.9. The van der Waals surface area contributed by atoms with Crippen molar-refractivity contribution in [3.05, 3.63) is 36.5 Å². The van der Waals surface area contributed by atoms with Crippen molar-refractivity contribution in [3.8, 4) is 0 Å². The summed E-state index contributed by atoms with van der Waals surface area (Å²) in [6.07, 6.45) is 6.53. The van der Waals surface area contributed by atoms with Gasteiger partial charge in [-0.05, 0) is 63.7 Å². The summed E-state index contributed by atoms with van der Waals surface area (Å²) in [5.41, 5.74) is -2.21. The molecule has 324 valence electrons. The van der Waals surface area contributed by atoms with Crippen LogP contribution >= 0.6 is 0 Å². The van der Waals surface area contributed by atoms with E-state index in [0.717, 1.165) is 6.42 Å². The fraction of sp³-hybridized carbons (Fsp3) is 0.778. The monoisotopic (exact) mass is 805 g/mol. The highest BCUT2D eigenvalue weighted by molar-refractivity contribution is 5.91. The molecule has 18 atom stereocenters. The average Bonchev–Trinajstić information content (AvgIpc) is 3.16. The Hall–Kier alpha value is -2.58. The Morgan fingerprint density at radius 2 is 1.47 bits per heavy atom. The maximum Gasteiger partial charge on any atom is 0.330 e. The third-order valence-electron chi connectivity index (χ3n) is 13.2. The summed E-state index contributed by atoms with van der Waals surface area (Å²) in [5.74, 6) is -9.55. The maximum atomic E-state index is 14.0. The lowest BCUT2D eigenvalue weighted by Crippen LogP contribution is -2.66. The smallest absolute Gasteiger partial charge is 0.330 e. The van der Waals surface area contributed by atoms with Crippen molar-refractivity contribution in [1.82, 2.24) is 0 Å². The van der Waals surface area contributed by atoms with E-state index in [-0.39, 0.29) is 30.0 Å². The van der Waals surface area contributed by atoms with Gasteiger partial charge in [0, 0.05) is 42.1 Å². The number of fused-ring (bicyclic) bond motifs is 2. The highest BCUT2D eigenvalue weighted by atomic mass is 16.7. The molecular weight excluding hydrogens is 732 g/mol. The van der Waals surface area contributed by atoms with Gasteiger partial charge in [-0.15, -0.1) is 0 Å². The summed E-state index contributed by atoms with van der Waals surface area (Å²) in [6, 6.07) is 0. The lowest BCUT2D eigenvalue weighted by Gasteiger charge is -2.54. The molecule has 0 radical (unpaired) electrons. The molecule has 2 saturated heterocycles. The average molecular weight is 805 g/mol. The fourth-order valence-corrected chi connectivity index (χ4v) is 8.91. The van der Waals surface area contributed by atoms with Crippen LogP contribution in [-0.2, 0) is 33.4 Å². The molecule has 0 saturated carbocycles. The molecule has 0 aliphatic carbocycles. The number of rotatable bonds is 3. The van der Waals surface area contributed by atoms with E-state index >= 15 is 0 Å². The SMILES string of the molecule is CC[C@@H]1C=CC=CC[C@H](C)[C@@H](O)[C@](C)(O)C(=O)[C@H](C)[C@@H](O)[C@H](C)C(=O)[C@H](C)[C@@H](O)[C@H](C)C=CC(=O)O[C@H]2[C@@H](C)[C@@H](CC1)OC1(O[C@H](C[C@H](C)O)[C@H](C)CC1=O)[C@@H]2C. The number of esters is 1. The third kappa shape index (κ3) is 11.4. The van der Waals surface area contributed by atoms with Crippen molar-refractivity contribution in [2.75, 3.05) is 0 Å². The molecule has 1 spiro atoms. The number of ether oxygens (including phenoxy) is 3. The standard InChI is InChI=1S/C45H72O12/c1-12-33-17-15-13-14-16-25(3)42(52)44(11,54)43(53)31(9)40(51)30(8)39(50)29(7)38(49)24(2)18-21-37(48)55-41-28(6)34(20-19-33)56-45(32(41)10)36(47)22-26(4)35(57-45)23-27(5)46/h13-15,17-18,21,24-35,38,40-42,46,49,51-52,54H,12,16,19-20,22-23H2,1-11H3/t24-,25+,26-,27+,28+,29-,30-,31-,32-,33-,34-,35-,38+,40+,41+,42-,44+,45?/m1/s1. The van der Waals surface area contributed by atoms with Crippen LogP contribution in [-0.4, -0.2) is 103 Å². The number of aliphatic hydroxyl groups excluding tert-OH is 4. The maximum absolute atomic E-state index is 14.0. The van der Waals surface area contributed by atoms with Gasteiger partial charge >= 0.3 is 5.97 Å². The molecule has 0 aromatic rings. The summed E-state index contributed by atoms with van der Waals surface area (Å²) in [6.45, 7) is 18.3. The van der Waals surface area contributed by atoms with E-state index in [0.29, 0.717) is 25.7 Å². The topological polar surface area (TPSA) is 197 Å². The molecule has 2 bridgehead atoms. The summed E-state index contributed by atoms with van der Waals surface area (Å²) in [7, 11) is 0. The molecule has 3 heterocycles. The van der Waals surface area contributed by atoms with Gasteiger partial charge in [-0.1, -0.05) is 92.7 Å². The molecule has 0 aromatic carbocycles. The zero-order chi connectivity index (χ0) is 43.2. The second kappa shape index (κ2) is 20.6. The Kier molecular flexibility index (Phi) is 17.6. The highest BCUT2D eigenvalue weighted by Gasteiger charge is 2.61. The number of hydrogen-bond acceptors (Lipinski definition) is 12. The Balaban J connectivity index is 2.02. The van der Waals surface area contributed by atoms with E-state index in [4.69, 9.17) is 14.2 Å². The van der Waals surface area contributed by atoms with E-state index in [2.05, 4.69) is 13.0 Å². The molecule has 57 heavy (non-hydrogen) atoms. The van der Waals surface area contributed by atoms with Crippen LogP contribution in [0.15, 0.2) is 36.5 Å². The molecule has 2 fully saturated rings. The number of hydrogen-bond donors (Lipinski definition) is 5. The number of aliphatic hydroxyl groups is 5. The number of Topliss-reactive ketones (excluding diaryl/α,β-unsaturated/α-hetero) is 3. The minimum absolute atomic E-state index is 0.132. The molecule has 3 rings (SSSR count). The van der Waals surface area contributed by atoms with Gasteiger partial charge in [0.15, 0.2) is 11.6 Å². The number of allylic oxidation sites excluding steroid dienone is 4. The van der Waals surface area contributed by atoms with Crippen LogP contribution < -0.4 is 0 Å². The van der Waals surface area contributed by atoms with Gasteiger partial charge < -0.3 is 39.7 Å². The van der Waals surface area contributed by atoms with E-state index in [1.54, 1.807) is 27.7 Å². The van der Waals surface area contributed by atoms with Gasteiger partial charge in [0.25, 0.3) is 0 Å². The van der Waals surface area contributed by atoms with Crippen molar-refractivity contribution in [3.63, 3.8) is 0 Å². The van der Waals surface area contributed by atoms with E-state index in [1.165, 1.54) is 39.8 Å². The van der Waals surface area contributed by atoms with Gasteiger partial charge in [0.2, 0.25) is 5.79 Å². The summed E-state index contributed by atoms with van der Waals surface area (Å²) < 4.78 is 19.4. The van der Waals surface area contributed by atoms with Crippen molar-refractivity contribution in [2.45, 2.75) is 169 Å². The Labute approximate surface area is 340 Å². The normalized spacial score (nSPS) is 44.5. The third-order valence-corrected chi connectivity index (χ3v) is 13.2. The number of carbonyl (C=O) groups is 4. The summed E-state index contributed by atoms with van der Waals surface area (Å²) >= 11 is 0. The predicted octanol–water partition coefficient (Wildman–Crippen LogP) is 5.06. The van der Waals surface area contributed by atoms with E-state index in [1.807, 2.05) is 32.1 Å². The van der Waals surface area contributed by atoms with Crippen LogP contribution in [0.25, 0.3) is 0 Å². The zero-order valence-electron chi connectivity index (χ0n) is 36.0. The molecule has 0 amide bonds. The molecule has 12 heteroatoms. The first-order valence-corrected chi connectivity index (χ1v) is 21.1. The van der Waals surface area contributed by atoms with Gasteiger partial charge in [-0.3, -0.25) is 14.4 Å². The van der Waals surface area contributed by atoms with E-state index < -0.39 is 107 Å². The van der Waals surface area contributed by atoms with Gasteiger partial charge in [-0.2, -0.15) is 0 Å². The minimum atomic E-state index is -2.21. The molecule has 3 aliphatic rings. The Morgan fingerprint density at radius 1 is 0.842 bits per heavy atom. The van der Waals surface area contributed by atoms with Gasteiger partial charge in [0.1, 0.15) is 17.5 Å². The Morgan fingerprint density at radius 3 is 2.09 bits per heavy atom. The second-order valence-electron chi connectivity index (χ2n) is 17.9. The summed E-state index contributed by atoms with van der Waals surface area (Å²) in [4.78, 5) is 54.5. The van der Waals surface area contributed by atoms with Crippen LogP contribution in [0.3, 0.4) is 0 Å². The summed E-state index contributed by atoms with van der Waals surface area (Å²) in [5, 5.41) is 55.0.